The van der Waals surface area contributed by atoms with Gasteiger partial charge in [0.05, 0.1) is 5.52 Å². The Morgan fingerprint density at radius 3 is 2.45 bits per heavy atom. The van der Waals surface area contributed by atoms with Crippen molar-refractivity contribution in [1.82, 2.24) is 9.88 Å². The highest BCUT2D eigenvalue weighted by Crippen LogP contribution is 2.30. The van der Waals surface area contributed by atoms with Crippen LogP contribution in [0.5, 0.6) is 0 Å². The lowest BCUT2D eigenvalue weighted by atomic mass is 10.1. The molecule has 2 saturated heterocycles. The summed E-state index contributed by atoms with van der Waals surface area (Å²) in [5.74, 6) is 0. The average molecular weight is 295 g/mol. The van der Waals surface area contributed by atoms with Gasteiger partial charge in [0.15, 0.2) is 0 Å². The third-order valence-electron chi connectivity index (χ3n) is 5.03. The predicted octanol–water partition coefficient (Wildman–Crippen LogP) is 3.74. The van der Waals surface area contributed by atoms with E-state index in [4.69, 9.17) is 4.98 Å². The molecule has 116 valence electrons. The number of likely N-dealkylation sites (tertiary alicyclic amines) is 1. The van der Waals surface area contributed by atoms with Crippen molar-refractivity contribution in [1.29, 1.82) is 0 Å². The first-order valence-electron chi connectivity index (χ1n) is 8.67. The fourth-order valence-electron chi connectivity index (χ4n) is 3.90. The Bertz CT molecular complexity index is 668. The molecule has 0 saturated carbocycles. The molecule has 1 aromatic heterocycles. The van der Waals surface area contributed by atoms with E-state index >= 15 is 0 Å². The Labute approximate surface area is 132 Å². The first-order valence-corrected chi connectivity index (χ1v) is 8.67. The number of aryl methyl sites for hydroxylation is 1. The minimum Gasteiger partial charge on any atom is -0.371 e. The Morgan fingerprint density at radius 1 is 0.955 bits per heavy atom. The van der Waals surface area contributed by atoms with Crippen LogP contribution in [0.3, 0.4) is 0 Å². The van der Waals surface area contributed by atoms with Crippen LogP contribution in [0.2, 0.25) is 0 Å². The summed E-state index contributed by atoms with van der Waals surface area (Å²) >= 11 is 0. The van der Waals surface area contributed by atoms with E-state index in [0.29, 0.717) is 0 Å². The quantitative estimate of drug-likeness (QED) is 0.860. The summed E-state index contributed by atoms with van der Waals surface area (Å²) in [6, 6.07) is 9.16. The van der Waals surface area contributed by atoms with Crippen LogP contribution in [0.25, 0.3) is 10.9 Å². The van der Waals surface area contributed by atoms with Gasteiger partial charge in [-0.25, -0.2) is 0 Å². The molecule has 0 N–H and O–H groups in total. The second-order valence-corrected chi connectivity index (χ2v) is 6.81. The molecule has 2 aliphatic heterocycles. The fraction of sp³-hybridized carbons (Fsp3) is 0.526. The zero-order valence-electron chi connectivity index (χ0n) is 13.5. The van der Waals surface area contributed by atoms with Gasteiger partial charge in [0.1, 0.15) is 0 Å². The van der Waals surface area contributed by atoms with Crippen molar-refractivity contribution in [3.05, 3.63) is 35.5 Å². The maximum absolute atomic E-state index is 4.80. The zero-order valence-corrected chi connectivity index (χ0v) is 13.5. The summed E-state index contributed by atoms with van der Waals surface area (Å²) in [6.07, 6.45) is 5.33. The third kappa shape index (κ3) is 2.70. The first kappa shape index (κ1) is 14.0. The molecule has 22 heavy (non-hydrogen) atoms. The van der Waals surface area contributed by atoms with E-state index in [0.717, 1.165) is 12.2 Å². The lowest BCUT2D eigenvalue weighted by Crippen LogP contribution is -2.19. The van der Waals surface area contributed by atoms with Crippen molar-refractivity contribution in [2.75, 3.05) is 31.1 Å². The van der Waals surface area contributed by atoms with Crippen molar-refractivity contribution in [3.8, 4) is 0 Å². The molecule has 2 aromatic rings. The first-order chi connectivity index (χ1) is 10.8. The van der Waals surface area contributed by atoms with Crippen molar-refractivity contribution >= 4 is 16.6 Å². The monoisotopic (exact) mass is 295 g/mol. The molecule has 0 radical (unpaired) electrons. The zero-order chi connectivity index (χ0) is 14.9. The van der Waals surface area contributed by atoms with Gasteiger partial charge in [0.25, 0.3) is 0 Å². The maximum Gasteiger partial charge on any atom is 0.0729 e. The van der Waals surface area contributed by atoms with Crippen LogP contribution in [0, 0.1) is 6.92 Å². The second-order valence-electron chi connectivity index (χ2n) is 6.81. The highest BCUT2D eigenvalue weighted by Gasteiger charge is 2.17. The number of pyridine rings is 1. The van der Waals surface area contributed by atoms with Crippen LogP contribution in [-0.2, 0) is 6.54 Å². The average Bonchev–Trinajstić information content (AvgIpc) is 3.19. The van der Waals surface area contributed by atoms with E-state index in [1.54, 1.807) is 0 Å². The van der Waals surface area contributed by atoms with Crippen molar-refractivity contribution in [2.45, 2.75) is 39.2 Å². The molecule has 3 heterocycles. The van der Waals surface area contributed by atoms with Crippen molar-refractivity contribution in [2.24, 2.45) is 0 Å². The normalized spacial score (nSPS) is 19.4. The number of fused-ring (bicyclic) bond motifs is 1. The van der Waals surface area contributed by atoms with Gasteiger partial charge in [-0.15, -0.1) is 0 Å². The molecule has 4 rings (SSSR count). The lowest BCUT2D eigenvalue weighted by Gasteiger charge is -2.21. The highest BCUT2D eigenvalue weighted by molar-refractivity contribution is 5.92. The summed E-state index contributed by atoms with van der Waals surface area (Å²) in [7, 11) is 0. The van der Waals surface area contributed by atoms with E-state index in [1.165, 1.54) is 74.0 Å². The van der Waals surface area contributed by atoms with Crippen molar-refractivity contribution < 1.29 is 0 Å². The van der Waals surface area contributed by atoms with Crippen LogP contribution in [0.15, 0.2) is 24.3 Å². The molecule has 0 atom stereocenters. The van der Waals surface area contributed by atoms with Crippen molar-refractivity contribution in [3.63, 3.8) is 0 Å². The number of anilines is 1. The summed E-state index contributed by atoms with van der Waals surface area (Å²) < 4.78 is 0. The van der Waals surface area contributed by atoms with Gasteiger partial charge in [0.2, 0.25) is 0 Å². The van der Waals surface area contributed by atoms with E-state index in [2.05, 4.69) is 41.0 Å². The lowest BCUT2D eigenvalue weighted by molar-refractivity contribution is 0.331. The molecule has 0 amide bonds. The molecule has 3 heteroatoms. The Hall–Kier alpha value is -1.61. The predicted molar refractivity (Wildman–Crippen MR) is 92.4 cm³/mol. The molecule has 0 aliphatic carbocycles. The van der Waals surface area contributed by atoms with Gasteiger partial charge in [-0.05, 0) is 63.4 Å². The van der Waals surface area contributed by atoms with Crippen LogP contribution >= 0.6 is 0 Å². The Morgan fingerprint density at radius 2 is 1.68 bits per heavy atom. The minimum absolute atomic E-state index is 1.07. The number of nitrogens with zero attached hydrogens (tertiary/aromatic N) is 3. The Kier molecular flexibility index (Phi) is 3.75. The molecule has 0 unspecified atom stereocenters. The number of benzene rings is 1. The van der Waals surface area contributed by atoms with E-state index in [1.807, 2.05) is 0 Å². The minimum atomic E-state index is 1.07. The largest absolute Gasteiger partial charge is 0.371 e. The van der Waals surface area contributed by atoms with Gasteiger partial charge in [-0.2, -0.15) is 0 Å². The summed E-state index contributed by atoms with van der Waals surface area (Å²) in [6.45, 7) is 8.07. The summed E-state index contributed by atoms with van der Waals surface area (Å²) in [5.41, 5.74) is 5.08. The molecule has 0 bridgehead atoms. The topological polar surface area (TPSA) is 19.4 Å². The van der Waals surface area contributed by atoms with Crippen LogP contribution in [-0.4, -0.2) is 36.1 Å². The molecule has 2 fully saturated rings. The molecule has 1 aromatic carbocycles. The fourth-order valence-corrected chi connectivity index (χ4v) is 3.90. The highest BCUT2D eigenvalue weighted by atomic mass is 15.1. The summed E-state index contributed by atoms with van der Waals surface area (Å²) in [4.78, 5) is 9.88. The van der Waals surface area contributed by atoms with Gasteiger partial charge in [-0.1, -0.05) is 12.1 Å². The van der Waals surface area contributed by atoms with Gasteiger partial charge < -0.3 is 4.90 Å². The van der Waals surface area contributed by atoms with E-state index in [-0.39, 0.29) is 0 Å². The number of aromatic nitrogens is 1. The molecule has 3 nitrogen and oxygen atoms in total. The molecular formula is C19H25N3. The van der Waals surface area contributed by atoms with E-state index in [9.17, 15) is 0 Å². The number of rotatable bonds is 3. The number of hydrogen-bond donors (Lipinski definition) is 0. The molecular weight excluding hydrogens is 270 g/mol. The van der Waals surface area contributed by atoms with Crippen LogP contribution < -0.4 is 4.90 Å². The third-order valence-corrected chi connectivity index (χ3v) is 5.03. The maximum atomic E-state index is 4.80. The van der Waals surface area contributed by atoms with E-state index < -0.39 is 0 Å². The standard InChI is InChI=1S/C19H25N3/c1-15-12-19(22-10-4-5-11-22)17-7-6-16(13-18(17)20-15)14-21-8-2-3-9-21/h6-7,12-13H,2-5,8-11,14H2,1H3. The SMILES string of the molecule is Cc1cc(N2CCCC2)c2ccc(CN3CCCC3)cc2n1. The summed E-state index contributed by atoms with van der Waals surface area (Å²) in [5, 5.41) is 1.32. The Balaban J connectivity index is 1.69. The van der Waals surface area contributed by atoms with Gasteiger partial charge in [0, 0.05) is 36.4 Å². The number of hydrogen-bond acceptors (Lipinski definition) is 3. The second kappa shape index (κ2) is 5.88. The van der Waals surface area contributed by atoms with Crippen LogP contribution in [0.1, 0.15) is 36.9 Å². The van der Waals surface area contributed by atoms with Gasteiger partial charge in [-0.3, -0.25) is 9.88 Å². The van der Waals surface area contributed by atoms with Crippen LogP contribution in [0.4, 0.5) is 5.69 Å². The molecule has 0 spiro atoms. The van der Waals surface area contributed by atoms with Gasteiger partial charge >= 0.3 is 0 Å². The molecule has 2 aliphatic rings. The smallest absolute Gasteiger partial charge is 0.0729 e.